The number of fused-ring (bicyclic) bond motifs is 1. The summed E-state index contributed by atoms with van der Waals surface area (Å²) in [6, 6.07) is 9.57. The topological polar surface area (TPSA) is 93.6 Å². The van der Waals surface area contributed by atoms with Crippen LogP contribution >= 0.6 is 0 Å². The van der Waals surface area contributed by atoms with E-state index in [4.69, 9.17) is 9.47 Å². The summed E-state index contributed by atoms with van der Waals surface area (Å²) in [5, 5.41) is 0. The highest BCUT2D eigenvalue weighted by Crippen LogP contribution is 2.33. The molecule has 1 N–H and O–H groups in total. The van der Waals surface area contributed by atoms with Crippen LogP contribution in [0.4, 0.5) is 4.39 Å². The molecular weight excluding hydrogens is 417 g/mol. The third-order valence-electron chi connectivity index (χ3n) is 5.58. The van der Waals surface area contributed by atoms with Crippen LogP contribution in [-0.4, -0.2) is 41.1 Å². The number of ether oxygens (including phenoxy) is 2. The molecule has 1 amide bonds. The summed E-state index contributed by atoms with van der Waals surface area (Å²) in [5.74, 6) is 0.126. The van der Waals surface area contributed by atoms with Crippen molar-refractivity contribution in [2.24, 2.45) is 0 Å². The molecule has 0 radical (unpaired) electrons. The summed E-state index contributed by atoms with van der Waals surface area (Å²) in [6.07, 6.45) is 1.70. The van der Waals surface area contributed by atoms with Gasteiger partial charge in [0.2, 0.25) is 0 Å². The monoisotopic (exact) mass is 439 g/mol. The van der Waals surface area contributed by atoms with E-state index in [1.165, 1.54) is 30.2 Å². The number of aromatic amines is 1. The number of hydrogen-bond donors (Lipinski definition) is 1. The summed E-state index contributed by atoms with van der Waals surface area (Å²) >= 11 is 0. The predicted molar refractivity (Wildman–Crippen MR) is 115 cm³/mol. The Kier molecular flexibility index (Phi) is 5.81. The fraction of sp³-hybridized carbons (Fsp3) is 0.261. The Hall–Kier alpha value is -3.88. The lowest BCUT2D eigenvalue weighted by molar-refractivity contribution is 0.0731. The van der Waals surface area contributed by atoms with Gasteiger partial charge < -0.3 is 19.4 Å². The molecule has 0 atom stereocenters. The number of H-pyrrole nitrogens is 1. The maximum absolute atomic E-state index is 14.0. The lowest BCUT2D eigenvalue weighted by Gasteiger charge is -2.29. The van der Waals surface area contributed by atoms with Crippen LogP contribution in [0.25, 0.3) is 0 Å². The average molecular weight is 439 g/mol. The quantitative estimate of drug-likeness (QED) is 0.656. The van der Waals surface area contributed by atoms with Gasteiger partial charge >= 0.3 is 5.69 Å². The molecule has 0 spiro atoms. The zero-order chi connectivity index (χ0) is 22.8. The van der Waals surface area contributed by atoms with E-state index >= 15 is 0 Å². The summed E-state index contributed by atoms with van der Waals surface area (Å²) < 4.78 is 25.5. The first-order valence-corrected chi connectivity index (χ1v) is 10.0. The molecule has 0 saturated carbocycles. The number of methoxy groups -OCH3 is 2. The molecule has 1 aromatic heterocycles. The molecular formula is C23H22FN3O5. The van der Waals surface area contributed by atoms with E-state index in [0.29, 0.717) is 24.5 Å². The number of carbonyl (C=O) groups is 1. The Balaban J connectivity index is 1.64. The molecule has 2 aromatic carbocycles. The first-order valence-electron chi connectivity index (χ1n) is 10.0. The van der Waals surface area contributed by atoms with Crippen LogP contribution in [0, 0.1) is 5.82 Å². The van der Waals surface area contributed by atoms with E-state index in [2.05, 4.69) is 4.98 Å². The van der Waals surface area contributed by atoms with E-state index < -0.39 is 23.0 Å². The van der Waals surface area contributed by atoms with Crippen LogP contribution in [-0.2, 0) is 19.5 Å². The standard InChI is InChI=1S/C23H22FN3O5/c1-31-19-9-14-7-8-26(12-16(14)10-20(19)32-2)21(28)17-11-25-23(30)27(22(17)29)13-15-5-3-4-6-18(15)24/h3-6,9-11H,7-8,12-13H2,1-2H3,(H,25,30). The predicted octanol–water partition coefficient (Wildman–Crippen LogP) is 1.94. The molecule has 4 rings (SSSR count). The molecule has 3 aromatic rings. The van der Waals surface area contributed by atoms with E-state index in [-0.39, 0.29) is 24.2 Å². The number of nitrogens with one attached hydrogen (secondary N) is 1. The van der Waals surface area contributed by atoms with Crippen LogP contribution in [0.1, 0.15) is 27.0 Å². The minimum absolute atomic E-state index is 0.176. The third kappa shape index (κ3) is 3.89. The van der Waals surface area contributed by atoms with Crippen molar-refractivity contribution in [3.05, 3.63) is 91.5 Å². The maximum Gasteiger partial charge on any atom is 0.328 e. The Bertz CT molecular complexity index is 1300. The minimum Gasteiger partial charge on any atom is -0.493 e. The van der Waals surface area contributed by atoms with Crippen molar-refractivity contribution in [3.8, 4) is 11.5 Å². The van der Waals surface area contributed by atoms with E-state index in [1.54, 1.807) is 13.2 Å². The Morgan fingerprint density at radius 1 is 1.09 bits per heavy atom. The molecule has 9 heteroatoms. The molecule has 0 bridgehead atoms. The van der Waals surface area contributed by atoms with Crippen molar-refractivity contribution in [1.29, 1.82) is 0 Å². The van der Waals surface area contributed by atoms with Crippen LogP contribution in [0.2, 0.25) is 0 Å². The lowest BCUT2D eigenvalue weighted by atomic mass is 9.98. The highest BCUT2D eigenvalue weighted by atomic mass is 19.1. The number of rotatable bonds is 5. The molecule has 0 saturated heterocycles. The first-order chi connectivity index (χ1) is 15.4. The first kappa shape index (κ1) is 21.4. The van der Waals surface area contributed by atoms with Crippen molar-refractivity contribution in [2.75, 3.05) is 20.8 Å². The van der Waals surface area contributed by atoms with Gasteiger partial charge in [-0.25, -0.2) is 9.18 Å². The Morgan fingerprint density at radius 2 is 1.78 bits per heavy atom. The average Bonchev–Trinajstić information content (AvgIpc) is 2.81. The second kappa shape index (κ2) is 8.70. The van der Waals surface area contributed by atoms with Crippen LogP contribution in [0.15, 0.2) is 52.2 Å². The zero-order valence-corrected chi connectivity index (χ0v) is 17.7. The van der Waals surface area contributed by atoms with E-state index in [9.17, 15) is 18.8 Å². The molecule has 0 fully saturated rings. The van der Waals surface area contributed by atoms with Crippen LogP contribution < -0.4 is 20.7 Å². The second-order valence-electron chi connectivity index (χ2n) is 7.44. The van der Waals surface area contributed by atoms with E-state index in [1.807, 2.05) is 12.1 Å². The van der Waals surface area contributed by atoms with Crippen molar-refractivity contribution in [1.82, 2.24) is 14.5 Å². The highest BCUT2D eigenvalue weighted by molar-refractivity contribution is 5.93. The summed E-state index contributed by atoms with van der Waals surface area (Å²) in [5.41, 5.74) is 0.446. The number of amides is 1. The fourth-order valence-electron chi connectivity index (χ4n) is 3.83. The van der Waals surface area contributed by atoms with Gasteiger partial charge in [0.05, 0.1) is 20.8 Å². The number of aromatic nitrogens is 2. The van der Waals surface area contributed by atoms with Gasteiger partial charge in [-0.1, -0.05) is 18.2 Å². The summed E-state index contributed by atoms with van der Waals surface area (Å²) in [6.45, 7) is 0.398. The van der Waals surface area contributed by atoms with Crippen molar-refractivity contribution in [2.45, 2.75) is 19.5 Å². The second-order valence-corrected chi connectivity index (χ2v) is 7.44. The maximum atomic E-state index is 14.0. The van der Waals surface area contributed by atoms with Crippen LogP contribution in [0.5, 0.6) is 11.5 Å². The van der Waals surface area contributed by atoms with E-state index in [0.717, 1.165) is 21.9 Å². The number of halogens is 1. The normalized spacial score (nSPS) is 12.9. The van der Waals surface area contributed by atoms with Crippen molar-refractivity contribution >= 4 is 5.91 Å². The molecule has 8 nitrogen and oxygen atoms in total. The van der Waals surface area contributed by atoms with Crippen LogP contribution in [0.3, 0.4) is 0 Å². The van der Waals surface area contributed by atoms with Crippen molar-refractivity contribution < 1.29 is 18.7 Å². The van der Waals surface area contributed by atoms with Gasteiger partial charge in [-0.2, -0.15) is 0 Å². The highest BCUT2D eigenvalue weighted by Gasteiger charge is 2.26. The van der Waals surface area contributed by atoms with Gasteiger partial charge in [-0.15, -0.1) is 0 Å². The summed E-state index contributed by atoms with van der Waals surface area (Å²) in [4.78, 5) is 42.3. The van der Waals surface area contributed by atoms with Gasteiger partial charge in [-0.05, 0) is 35.7 Å². The molecule has 32 heavy (non-hydrogen) atoms. The van der Waals surface area contributed by atoms with Gasteiger partial charge in [0.1, 0.15) is 11.4 Å². The minimum atomic E-state index is -0.764. The Labute approximate surface area is 182 Å². The smallest absolute Gasteiger partial charge is 0.328 e. The molecule has 1 aliphatic heterocycles. The lowest BCUT2D eigenvalue weighted by Crippen LogP contribution is -2.43. The number of nitrogens with zero attached hydrogens (tertiary/aromatic N) is 2. The SMILES string of the molecule is COc1cc2c(cc1OC)CN(C(=O)c1c[nH]c(=O)n(Cc3ccccc3F)c1=O)CC2. The zero-order valence-electron chi connectivity index (χ0n) is 17.7. The third-order valence-corrected chi connectivity index (χ3v) is 5.58. The fourth-order valence-corrected chi connectivity index (χ4v) is 3.83. The molecule has 0 aliphatic carbocycles. The van der Waals surface area contributed by atoms with Gasteiger partial charge in [0.15, 0.2) is 11.5 Å². The molecule has 2 heterocycles. The van der Waals surface area contributed by atoms with Gasteiger partial charge in [0, 0.05) is 24.8 Å². The molecule has 0 unspecified atom stereocenters. The number of carbonyl (C=O) groups excluding carboxylic acids is 1. The number of hydrogen-bond acceptors (Lipinski definition) is 5. The van der Waals surface area contributed by atoms with Gasteiger partial charge in [-0.3, -0.25) is 14.2 Å². The molecule has 166 valence electrons. The van der Waals surface area contributed by atoms with Crippen molar-refractivity contribution in [3.63, 3.8) is 0 Å². The largest absolute Gasteiger partial charge is 0.493 e. The number of benzene rings is 2. The van der Waals surface area contributed by atoms with Gasteiger partial charge in [0.25, 0.3) is 11.5 Å². The molecule has 1 aliphatic rings. The summed E-state index contributed by atoms with van der Waals surface area (Å²) in [7, 11) is 3.10. The Morgan fingerprint density at radius 3 is 2.47 bits per heavy atom.